The number of hydrogen-bond acceptors (Lipinski definition) is 4. The van der Waals surface area contributed by atoms with Gasteiger partial charge >= 0.3 is 5.97 Å². The maximum absolute atomic E-state index is 11.0. The number of rotatable bonds is 6. The van der Waals surface area contributed by atoms with Crippen LogP contribution in [-0.4, -0.2) is 25.5 Å². The van der Waals surface area contributed by atoms with Crippen molar-refractivity contribution in [1.29, 1.82) is 0 Å². The summed E-state index contributed by atoms with van der Waals surface area (Å²) in [4.78, 5) is 21.8. The number of carbonyl (C=O) groups is 2. The Morgan fingerprint density at radius 1 is 1.39 bits per heavy atom. The van der Waals surface area contributed by atoms with Crippen LogP contribution in [0.5, 0.6) is 5.75 Å². The first-order valence-electron chi connectivity index (χ1n) is 5.69. The summed E-state index contributed by atoms with van der Waals surface area (Å²) in [5.74, 6) is 0.102. The van der Waals surface area contributed by atoms with E-state index in [1.165, 1.54) is 6.08 Å². The van der Waals surface area contributed by atoms with Crippen molar-refractivity contribution >= 4 is 12.3 Å². The van der Waals surface area contributed by atoms with Gasteiger partial charge in [0.25, 0.3) is 0 Å². The highest BCUT2D eigenvalue weighted by molar-refractivity contribution is 5.82. The molecule has 0 aliphatic heterocycles. The predicted octanol–water partition coefficient (Wildman–Crippen LogP) is 2.31. The van der Waals surface area contributed by atoms with Crippen molar-refractivity contribution < 1.29 is 19.1 Å². The van der Waals surface area contributed by atoms with Crippen LogP contribution in [0.1, 0.15) is 22.8 Å². The molecular formula is C14H16O4. The molecule has 4 heteroatoms. The van der Waals surface area contributed by atoms with Gasteiger partial charge in [-0.3, -0.25) is 4.79 Å². The van der Waals surface area contributed by atoms with E-state index in [1.54, 1.807) is 25.1 Å². The second-order valence-corrected chi connectivity index (χ2v) is 3.62. The number of hydrogen-bond donors (Lipinski definition) is 0. The van der Waals surface area contributed by atoms with Crippen LogP contribution in [0.25, 0.3) is 0 Å². The fourth-order valence-corrected chi connectivity index (χ4v) is 1.36. The lowest BCUT2D eigenvalue weighted by Crippen LogP contribution is -2.01. The van der Waals surface area contributed by atoms with E-state index in [1.807, 2.05) is 13.0 Å². The van der Waals surface area contributed by atoms with Crippen LogP contribution in [0.3, 0.4) is 0 Å². The Balaban J connectivity index is 2.53. The van der Waals surface area contributed by atoms with Gasteiger partial charge in [-0.1, -0.05) is 11.6 Å². The van der Waals surface area contributed by atoms with Gasteiger partial charge in [-0.15, -0.1) is 0 Å². The molecule has 0 amide bonds. The summed E-state index contributed by atoms with van der Waals surface area (Å²) in [6.45, 7) is 4.20. The van der Waals surface area contributed by atoms with Gasteiger partial charge < -0.3 is 9.47 Å². The van der Waals surface area contributed by atoms with Crippen LogP contribution >= 0.6 is 0 Å². The maximum atomic E-state index is 11.0. The number of carbonyl (C=O) groups excluding carboxylic acids is 2. The van der Waals surface area contributed by atoms with Crippen molar-refractivity contribution in [3.8, 4) is 5.75 Å². The summed E-state index contributed by atoms with van der Waals surface area (Å²) in [6, 6.07) is 5.34. The number of benzene rings is 1. The average Bonchev–Trinajstić information content (AvgIpc) is 2.36. The summed E-state index contributed by atoms with van der Waals surface area (Å²) >= 11 is 0. The third-order valence-electron chi connectivity index (χ3n) is 2.17. The van der Waals surface area contributed by atoms with Crippen LogP contribution < -0.4 is 4.74 Å². The van der Waals surface area contributed by atoms with Crippen molar-refractivity contribution in [3.05, 3.63) is 41.5 Å². The Bertz CT molecular complexity index is 449. The lowest BCUT2D eigenvalue weighted by atomic mass is 10.1. The molecule has 1 aromatic rings. The zero-order valence-corrected chi connectivity index (χ0v) is 10.5. The molecule has 0 heterocycles. The minimum Gasteiger partial charge on any atom is -0.489 e. The van der Waals surface area contributed by atoms with Gasteiger partial charge in [0.1, 0.15) is 12.4 Å². The molecule has 1 aromatic carbocycles. The van der Waals surface area contributed by atoms with E-state index in [0.717, 1.165) is 11.8 Å². The van der Waals surface area contributed by atoms with Gasteiger partial charge in [-0.05, 0) is 32.1 Å². The van der Waals surface area contributed by atoms with Crippen LogP contribution in [-0.2, 0) is 9.53 Å². The zero-order valence-electron chi connectivity index (χ0n) is 10.5. The molecule has 0 spiro atoms. The standard InChI is InChI=1S/C14H16O4/c1-3-17-14(16)5-4-8-18-13-7-6-11(2)9-12(13)10-15/h4-7,9-10H,3,8H2,1-2H3. The summed E-state index contributed by atoms with van der Waals surface area (Å²) in [7, 11) is 0. The highest BCUT2D eigenvalue weighted by atomic mass is 16.5. The molecule has 96 valence electrons. The molecule has 0 atom stereocenters. The monoisotopic (exact) mass is 248 g/mol. The summed E-state index contributed by atoms with van der Waals surface area (Å²) in [5.41, 5.74) is 1.49. The molecule has 4 nitrogen and oxygen atoms in total. The van der Waals surface area contributed by atoms with Gasteiger partial charge in [0.05, 0.1) is 12.2 Å². The van der Waals surface area contributed by atoms with Crippen LogP contribution in [0, 0.1) is 6.92 Å². The Kier molecular flexibility index (Phi) is 5.64. The highest BCUT2D eigenvalue weighted by Crippen LogP contribution is 2.17. The third-order valence-corrected chi connectivity index (χ3v) is 2.17. The number of esters is 1. The SMILES string of the molecule is CCOC(=O)C=CCOc1ccc(C)cc1C=O. The zero-order chi connectivity index (χ0) is 13.4. The lowest BCUT2D eigenvalue weighted by molar-refractivity contribution is -0.137. The molecule has 0 bridgehead atoms. The van der Waals surface area contributed by atoms with E-state index >= 15 is 0 Å². The smallest absolute Gasteiger partial charge is 0.330 e. The third kappa shape index (κ3) is 4.41. The molecule has 0 fully saturated rings. The first kappa shape index (κ1) is 14.0. The lowest BCUT2D eigenvalue weighted by Gasteiger charge is -2.06. The highest BCUT2D eigenvalue weighted by Gasteiger charge is 2.02. The van der Waals surface area contributed by atoms with E-state index in [0.29, 0.717) is 17.9 Å². The Morgan fingerprint density at radius 2 is 2.17 bits per heavy atom. The molecule has 0 saturated carbocycles. The number of aryl methyl sites for hydroxylation is 1. The normalized spacial score (nSPS) is 10.3. The van der Waals surface area contributed by atoms with Gasteiger partial charge in [0, 0.05) is 6.08 Å². The number of ether oxygens (including phenoxy) is 2. The molecular weight excluding hydrogens is 232 g/mol. The Labute approximate surface area is 106 Å². The van der Waals surface area contributed by atoms with E-state index in [2.05, 4.69) is 0 Å². The second kappa shape index (κ2) is 7.27. The minimum absolute atomic E-state index is 0.211. The van der Waals surface area contributed by atoms with Crippen LogP contribution in [0.2, 0.25) is 0 Å². The van der Waals surface area contributed by atoms with Crippen molar-refractivity contribution in [3.63, 3.8) is 0 Å². The van der Waals surface area contributed by atoms with Crippen LogP contribution in [0.15, 0.2) is 30.4 Å². The minimum atomic E-state index is -0.402. The first-order valence-corrected chi connectivity index (χ1v) is 5.69. The van der Waals surface area contributed by atoms with Gasteiger partial charge in [-0.2, -0.15) is 0 Å². The van der Waals surface area contributed by atoms with E-state index in [4.69, 9.17) is 9.47 Å². The predicted molar refractivity (Wildman–Crippen MR) is 67.8 cm³/mol. The second-order valence-electron chi connectivity index (χ2n) is 3.62. The van der Waals surface area contributed by atoms with Crippen LogP contribution in [0.4, 0.5) is 0 Å². The Hall–Kier alpha value is -2.10. The molecule has 1 rings (SSSR count). The molecule has 0 unspecified atom stereocenters. The fraction of sp³-hybridized carbons (Fsp3) is 0.286. The maximum Gasteiger partial charge on any atom is 0.330 e. The van der Waals surface area contributed by atoms with Crippen molar-refractivity contribution in [2.24, 2.45) is 0 Å². The molecule has 18 heavy (non-hydrogen) atoms. The number of aldehydes is 1. The summed E-state index contributed by atoms with van der Waals surface area (Å²) < 4.78 is 10.1. The molecule has 0 N–H and O–H groups in total. The average molecular weight is 248 g/mol. The summed E-state index contributed by atoms with van der Waals surface area (Å²) in [6.07, 6.45) is 3.60. The Morgan fingerprint density at radius 3 is 2.83 bits per heavy atom. The van der Waals surface area contributed by atoms with E-state index < -0.39 is 5.97 Å². The quantitative estimate of drug-likeness (QED) is 0.440. The molecule has 0 aliphatic rings. The molecule has 0 radical (unpaired) electrons. The fourth-order valence-electron chi connectivity index (χ4n) is 1.36. The van der Waals surface area contributed by atoms with Crippen molar-refractivity contribution in [2.75, 3.05) is 13.2 Å². The first-order chi connectivity index (χ1) is 8.67. The molecule has 0 aliphatic carbocycles. The van der Waals surface area contributed by atoms with Gasteiger partial charge in [0.2, 0.25) is 0 Å². The van der Waals surface area contributed by atoms with Crippen molar-refractivity contribution in [2.45, 2.75) is 13.8 Å². The van der Waals surface area contributed by atoms with E-state index in [-0.39, 0.29) is 6.61 Å². The van der Waals surface area contributed by atoms with Crippen molar-refractivity contribution in [1.82, 2.24) is 0 Å². The topological polar surface area (TPSA) is 52.6 Å². The summed E-state index contributed by atoms with van der Waals surface area (Å²) in [5, 5.41) is 0. The molecule has 0 aromatic heterocycles. The largest absolute Gasteiger partial charge is 0.489 e. The van der Waals surface area contributed by atoms with E-state index in [9.17, 15) is 9.59 Å². The molecule has 0 saturated heterocycles. The van der Waals surface area contributed by atoms with Gasteiger partial charge in [0.15, 0.2) is 6.29 Å². The van der Waals surface area contributed by atoms with Gasteiger partial charge in [-0.25, -0.2) is 4.79 Å².